The Morgan fingerprint density at radius 3 is 2.43 bits per heavy atom. The summed E-state index contributed by atoms with van der Waals surface area (Å²) in [6.45, 7) is 1.31. The molecule has 144 valence electrons. The predicted octanol–water partition coefficient (Wildman–Crippen LogP) is 3.49. The van der Waals surface area contributed by atoms with Crippen molar-refractivity contribution in [3.05, 3.63) is 82.6 Å². The SMILES string of the molecule is O=C(c1ccc(Cl)cc1)N1CCC(n2cc([C@H](O)c3ccccc3)nn2)CC1. The smallest absolute Gasteiger partial charge is 0.253 e. The van der Waals surface area contributed by atoms with E-state index in [0.29, 0.717) is 29.4 Å². The Morgan fingerprint density at radius 2 is 1.75 bits per heavy atom. The number of hydrogen-bond acceptors (Lipinski definition) is 4. The molecule has 0 saturated carbocycles. The van der Waals surface area contributed by atoms with Crippen LogP contribution in [0.4, 0.5) is 0 Å². The van der Waals surface area contributed by atoms with Crippen LogP contribution >= 0.6 is 11.6 Å². The lowest BCUT2D eigenvalue weighted by atomic mass is 10.0. The summed E-state index contributed by atoms with van der Waals surface area (Å²) in [4.78, 5) is 14.5. The van der Waals surface area contributed by atoms with E-state index in [1.165, 1.54) is 0 Å². The molecule has 3 aromatic rings. The van der Waals surface area contributed by atoms with Crippen molar-refractivity contribution >= 4 is 17.5 Å². The van der Waals surface area contributed by atoms with Gasteiger partial charge in [0, 0.05) is 23.7 Å². The van der Waals surface area contributed by atoms with Crippen LogP contribution in [0.3, 0.4) is 0 Å². The van der Waals surface area contributed by atoms with Crippen molar-refractivity contribution in [2.75, 3.05) is 13.1 Å². The minimum atomic E-state index is -0.790. The number of aliphatic hydroxyl groups is 1. The summed E-state index contributed by atoms with van der Waals surface area (Å²) in [6, 6.07) is 16.6. The van der Waals surface area contributed by atoms with Crippen LogP contribution in [0.1, 0.15) is 46.6 Å². The molecule has 1 fully saturated rings. The van der Waals surface area contributed by atoms with Crippen LogP contribution in [0, 0.1) is 0 Å². The Bertz CT molecular complexity index is 935. The van der Waals surface area contributed by atoms with Crippen molar-refractivity contribution in [2.24, 2.45) is 0 Å². The topological polar surface area (TPSA) is 71.2 Å². The molecule has 1 aromatic heterocycles. The Morgan fingerprint density at radius 1 is 1.07 bits per heavy atom. The molecule has 6 nitrogen and oxygen atoms in total. The van der Waals surface area contributed by atoms with E-state index in [1.807, 2.05) is 39.9 Å². The third-order valence-electron chi connectivity index (χ3n) is 5.14. The van der Waals surface area contributed by atoms with Crippen LogP contribution in [0.15, 0.2) is 60.8 Å². The average molecular weight is 397 g/mol. The van der Waals surface area contributed by atoms with Crippen molar-refractivity contribution in [1.29, 1.82) is 0 Å². The Kier molecular flexibility index (Phi) is 5.41. The molecule has 1 amide bonds. The quantitative estimate of drug-likeness (QED) is 0.732. The van der Waals surface area contributed by atoms with Crippen molar-refractivity contribution in [3.8, 4) is 0 Å². The van der Waals surface area contributed by atoms with Gasteiger partial charge in [-0.25, -0.2) is 4.68 Å². The molecule has 1 aliphatic heterocycles. The second-order valence-electron chi connectivity index (χ2n) is 6.97. The molecule has 0 bridgehead atoms. The molecule has 0 unspecified atom stereocenters. The minimum Gasteiger partial charge on any atom is -0.382 e. The van der Waals surface area contributed by atoms with Gasteiger partial charge in [-0.1, -0.05) is 47.1 Å². The van der Waals surface area contributed by atoms with E-state index in [9.17, 15) is 9.90 Å². The second kappa shape index (κ2) is 8.12. The van der Waals surface area contributed by atoms with Crippen LogP contribution < -0.4 is 0 Å². The number of piperidine rings is 1. The predicted molar refractivity (Wildman–Crippen MR) is 106 cm³/mol. The number of halogens is 1. The first-order valence-corrected chi connectivity index (χ1v) is 9.69. The van der Waals surface area contributed by atoms with E-state index in [1.54, 1.807) is 30.5 Å². The molecule has 2 aromatic carbocycles. The number of benzene rings is 2. The number of aromatic nitrogens is 3. The van der Waals surface area contributed by atoms with Crippen LogP contribution in [-0.4, -0.2) is 44.0 Å². The maximum Gasteiger partial charge on any atom is 0.253 e. The number of carbonyl (C=O) groups excluding carboxylic acids is 1. The first-order chi connectivity index (χ1) is 13.6. The number of aliphatic hydroxyl groups excluding tert-OH is 1. The Balaban J connectivity index is 1.38. The van der Waals surface area contributed by atoms with Gasteiger partial charge in [0.1, 0.15) is 11.8 Å². The fourth-order valence-electron chi connectivity index (χ4n) is 3.51. The lowest BCUT2D eigenvalue weighted by molar-refractivity contribution is 0.0689. The van der Waals surface area contributed by atoms with Gasteiger partial charge in [0.05, 0.1) is 12.2 Å². The zero-order valence-corrected chi connectivity index (χ0v) is 16.0. The van der Waals surface area contributed by atoms with Crippen molar-refractivity contribution in [3.63, 3.8) is 0 Å². The lowest BCUT2D eigenvalue weighted by Crippen LogP contribution is -2.39. The monoisotopic (exact) mass is 396 g/mol. The normalized spacial score (nSPS) is 16.1. The highest BCUT2D eigenvalue weighted by Crippen LogP contribution is 2.25. The molecular weight excluding hydrogens is 376 g/mol. The average Bonchev–Trinajstić information content (AvgIpc) is 3.24. The van der Waals surface area contributed by atoms with Crippen molar-refractivity contribution < 1.29 is 9.90 Å². The fourth-order valence-corrected chi connectivity index (χ4v) is 3.63. The molecule has 1 saturated heterocycles. The van der Waals surface area contributed by atoms with E-state index >= 15 is 0 Å². The molecule has 1 N–H and O–H groups in total. The van der Waals surface area contributed by atoms with Crippen molar-refractivity contribution in [1.82, 2.24) is 19.9 Å². The zero-order chi connectivity index (χ0) is 19.5. The molecular formula is C21H21ClN4O2. The van der Waals surface area contributed by atoms with Crippen LogP contribution in [-0.2, 0) is 0 Å². The van der Waals surface area contributed by atoms with E-state index in [2.05, 4.69) is 10.3 Å². The van der Waals surface area contributed by atoms with Crippen LogP contribution in [0.2, 0.25) is 5.02 Å². The number of rotatable bonds is 4. The highest BCUT2D eigenvalue weighted by Gasteiger charge is 2.26. The molecule has 0 spiro atoms. The van der Waals surface area contributed by atoms with Gasteiger partial charge in [0.15, 0.2) is 0 Å². The molecule has 0 aliphatic carbocycles. The van der Waals surface area contributed by atoms with Gasteiger partial charge in [0.25, 0.3) is 5.91 Å². The first-order valence-electron chi connectivity index (χ1n) is 9.31. The number of carbonyl (C=O) groups is 1. The Labute approximate surface area is 168 Å². The van der Waals surface area contributed by atoms with Crippen molar-refractivity contribution in [2.45, 2.75) is 25.0 Å². The number of hydrogen-bond donors (Lipinski definition) is 1. The second-order valence-corrected chi connectivity index (χ2v) is 7.40. The van der Waals surface area contributed by atoms with E-state index < -0.39 is 6.10 Å². The highest BCUT2D eigenvalue weighted by atomic mass is 35.5. The summed E-state index contributed by atoms with van der Waals surface area (Å²) < 4.78 is 1.81. The van der Waals surface area contributed by atoms with Crippen LogP contribution in [0.5, 0.6) is 0 Å². The first kappa shape index (κ1) is 18.7. The molecule has 1 aliphatic rings. The molecule has 4 rings (SSSR count). The number of likely N-dealkylation sites (tertiary alicyclic amines) is 1. The largest absolute Gasteiger partial charge is 0.382 e. The molecule has 2 heterocycles. The maximum absolute atomic E-state index is 12.6. The van der Waals surface area contributed by atoms with Gasteiger partial charge >= 0.3 is 0 Å². The molecule has 7 heteroatoms. The molecule has 0 radical (unpaired) electrons. The maximum atomic E-state index is 12.6. The third-order valence-corrected chi connectivity index (χ3v) is 5.39. The molecule has 28 heavy (non-hydrogen) atoms. The van der Waals surface area contributed by atoms with Gasteiger partial charge < -0.3 is 10.0 Å². The summed E-state index contributed by atoms with van der Waals surface area (Å²) in [5.74, 6) is 0.0221. The van der Waals surface area contributed by atoms with Gasteiger partial charge in [-0.2, -0.15) is 0 Å². The highest BCUT2D eigenvalue weighted by molar-refractivity contribution is 6.30. The minimum absolute atomic E-state index is 0.0221. The van der Waals surface area contributed by atoms with E-state index in [-0.39, 0.29) is 11.9 Å². The van der Waals surface area contributed by atoms with Gasteiger partial charge in [-0.05, 0) is 42.7 Å². The van der Waals surface area contributed by atoms with Gasteiger partial charge in [-0.3, -0.25) is 4.79 Å². The summed E-state index contributed by atoms with van der Waals surface area (Å²) in [7, 11) is 0. The lowest BCUT2D eigenvalue weighted by Gasteiger charge is -2.32. The zero-order valence-electron chi connectivity index (χ0n) is 15.3. The van der Waals surface area contributed by atoms with Gasteiger partial charge in [-0.15, -0.1) is 5.10 Å². The third kappa shape index (κ3) is 3.93. The number of amides is 1. The summed E-state index contributed by atoms with van der Waals surface area (Å²) >= 11 is 5.89. The Hall–Kier alpha value is -2.70. The summed E-state index contributed by atoms with van der Waals surface area (Å²) in [5.41, 5.74) is 1.97. The standard InChI is InChI=1S/C21H21ClN4O2/c22-17-8-6-16(7-9-17)21(28)25-12-10-18(11-13-25)26-14-19(23-24-26)20(27)15-4-2-1-3-5-15/h1-9,14,18,20,27H,10-13H2/t20-/m1/s1. The van der Waals surface area contributed by atoms with E-state index in [4.69, 9.17) is 11.6 Å². The fraction of sp³-hybridized carbons (Fsp3) is 0.286. The molecule has 1 atom stereocenters. The van der Waals surface area contributed by atoms with Gasteiger partial charge in [0.2, 0.25) is 0 Å². The number of nitrogens with zero attached hydrogens (tertiary/aromatic N) is 4. The summed E-state index contributed by atoms with van der Waals surface area (Å²) in [6.07, 6.45) is 2.60. The summed E-state index contributed by atoms with van der Waals surface area (Å²) in [5, 5.41) is 19.5. The van der Waals surface area contributed by atoms with Crippen LogP contribution in [0.25, 0.3) is 0 Å². The van der Waals surface area contributed by atoms with E-state index in [0.717, 1.165) is 18.4 Å².